The van der Waals surface area contributed by atoms with Gasteiger partial charge in [0.15, 0.2) is 0 Å². The van der Waals surface area contributed by atoms with Crippen molar-refractivity contribution in [2.45, 2.75) is 26.4 Å². The van der Waals surface area contributed by atoms with E-state index in [-0.39, 0.29) is 12.6 Å². The van der Waals surface area contributed by atoms with Gasteiger partial charge in [-0.15, -0.1) is 0 Å². The molecule has 0 amide bonds. The Kier molecular flexibility index (Phi) is 3.79. The smallest absolute Gasteiger partial charge is 0.0662 e. The minimum Gasteiger partial charge on any atom is -0.394 e. The van der Waals surface area contributed by atoms with Gasteiger partial charge >= 0.3 is 0 Å². The first kappa shape index (κ1) is 12.8. The molecule has 2 rings (SSSR count). The molecular formula is C14H19N3O. The summed E-state index contributed by atoms with van der Waals surface area (Å²) in [6.45, 7) is 4.59. The average Bonchev–Trinajstić information content (AvgIpc) is 2.65. The van der Waals surface area contributed by atoms with Crippen LogP contribution in [0.15, 0.2) is 30.3 Å². The number of rotatable bonds is 4. The van der Waals surface area contributed by atoms with Crippen LogP contribution in [0.1, 0.15) is 28.6 Å². The molecule has 0 radical (unpaired) electrons. The van der Waals surface area contributed by atoms with Crippen LogP contribution in [0, 0.1) is 13.8 Å². The first-order valence-corrected chi connectivity index (χ1v) is 6.07. The minimum atomic E-state index is -0.352. The van der Waals surface area contributed by atoms with Gasteiger partial charge in [0.25, 0.3) is 0 Å². The molecule has 0 saturated heterocycles. The van der Waals surface area contributed by atoms with E-state index < -0.39 is 0 Å². The van der Waals surface area contributed by atoms with Crippen molar-refractivity contribution < 1.29 is 5.11 Å². The van der Waals surface area contributed by atoms with Crippen LogP contribution in [-0.4, -0.2) is 21.5 Å². The van der Waals surface area contributed by atoms with Gasteiger partial charge in [-0.2, -0.15) is 5.10 Å². The Balaban J connectivity index is 2.30. The zero-order chi connectivity index (χ0) is 13.1. The van der Waals surface area contributed by atoms with E-state index in [1.165, 1.54) is 5.56 Å². The Morgan fingerprint density at radius 3 is 2.56 bits per heavy atom. The Morgan fingerprint density at radius 1 is 1.28 bits per heavy atom. The van der Waals surface area contributed by atoms with Crippen molar-refractivity contribution in [2.75, 3.05) is 6.61 Å². The van der Waals surface area contributed by atoms with Crippen LogP contribution in [0.25, 0.3) is 0 Å². The van der Waals surface area contributed by atoms with Crippen molar-refractivity contribution in [3.05, 3.63) is 52.8 Å². The molecule has 1 aromatic carbocycles. The highest BCUT2D eigenvalue weighted by Crippen LogP contribution is 2.20. The van der Waals surface area contributed by atoms with E-state index in [9.17, 15) is 5.11 Å². The monoisotopic (exact) mass is 245 g/mol. The second kappa shape index (κ2) is 5.33. The fraction of sp³-hybridized carbons (Fsp3) is 0.357. The second-order valence-electron chi connectivity index (χ2n) is 4.52. The van der Waals surface area contributed by atoms with Gasteiger partial charge in [0.05, 0.1) is 24.9 Å². The number of aryl methyl sites for hydroxylation is 1. The molecule has 0 fully saturated rings. The molecule has 0 unspecified atom stereocenters. The molecule has 0 spiro atoms. The third-order valence-corrected chi connectivity index (χ3v) is 3.18. The summed E-state index contributed by atoms with van der Waals surface area (Å²) in [5, 5.41) is 13.7. The van der Waals surface area contributed by atoms with Crippen molar-refractivity contribution in [3.63, 3.8) is 0 Å². The standard InChI is InChI=1S/C14H19N3O/c1-10-14(13(15)9-18)11(2)17(16-10)8-12-6-4-3-5-7-12/h3-7,13,18H,8-9,15H2,1-2H3/t13-/m1/s1. The lowest BCUT2D eigenvalue weighted by Gasteiger charge is -2.09. The Labute approximate surface area is 107 Å². The van der Waals surface area contributed by atoms with Crippen molar-refractivity contribution in [2.24, 2.45) is 5.73 Å². The maximum atomic E-state index is 9.17. The van der Waals surface area contributed by atoms with E-state index in [2.05, 4.69) is 17.2 Å². The van der Waals surface area contributed by atoms with Gasteiger partial charge < -0.3 is 10.8 Å². The van der Waals surface area contributed by atoms with E-state index in [0.717, 1.165) is 23.5 Å². The van der Waals surface area contributed by atoms with Crippen molar-refractivity contribution in [3.8, 4) is 0 Å². The van der Waals surface area contributed by atoms with Gasteiger partial charge in [-0.3, -0.25) is 4.68 Å². The molecule has 1 aromatic heterocycles. The SMILES string of the molecule is Cc1nn(Cc2ccccc2)c(C)c1[C@H](N)CO. The molecule has 96 valence electrons. The van der Waals surface area contributed by atoms with Crippen LogP contribution >= 0.6 is 0 Å². The van der Waals surface area contributed by atoms with Crippen LogP contribution < -0.4 is 5.73 Å². The van der Waals surface area contributed by atoms with E-state index in [1.807, 2.05) is 36.7 Å². The lowest BCUT2D eigenvalue weighted by molar-refractivity contribution is 0.267. The molecule has 0 aliphatic heterocycles. The van der Waals surface area contributed by atoms with E-state index >= 15 is 0 Å². The molecule has 0 aliphatic rings. The highest BCUT2D eigenvalue weighted by atomic mass is 16.3. The molecule has 1 atom stereocenters. The number of aliphatic hydroxyl groups excluding tert-OH is 1. The fourth-order valence-corrected chi connectivity index (χ4v) is 2.25. The summed E-state index contributed by atoms with van der Waals surface area (Å²) in [4.78, 5) is 0. The number of aromatic nitrogens is 2. The maximum Gasteiger partial charge on any atom is 0.0662 e. The predicted molar refractivity (Wildman–Crippen MR) is 71.3 cm³/mol. The van der Waals surface area contributed by atoms with Crippen molar-refractivity contribution in [1.29, 1.82) is 0 Å². The summed E-state index contributed by atoms with van der Waals surface area (Å²) >= 11 is 0. The molecule has 4 heteroatoms. The van der Waals surface area contributed by atoms with Crippen LogP contribution in [0.3, 0.4) is 0 Å². The largest absolute Gasteiger partial charge is 0.394 e. The van der Waals surface area contributed by atoms with Gasteiger partial charge in [-0.25, -0.2) is 0 Å². The quantitative estimate of drug-likeness (QED) is 0.858. The van der Waals surface area contributed by atoms with Gasteiger partial charge in [-0.1, -0.05) is 30.3 Å². The van der Waals surface area contributed by atoms with Crippen LogP contribution in [0.5, 0.6) is 0 Å². The van der Waals surface area contributed by atoms with E-state index in [1.54, 1.807) is 0 Å². The van der Waals surface area contributed by atoms with Gasteiger partial charge in [0.1, 0.15) is 0 Å². The number of hydrogen-bond donors (Lipinski definition) is 2. The Morgan fingerprint density at radius 2 is 1.94 bits per heavy atom. The highest BCUT2D eigenvalue weighted by Gasteiger charge is 2.17. The number of benzene rings is 1. The van der Waals surface area contributed by atoms with Gasteiger partial charge in [0, 0.05) is 11.3 Å². The molecule has 4 nitrogen and oxygen atoms in total. The summed E-state index contributed by atoms with van der Waals surface area (Å²) in [6, 6.07) is 9.82. The van der Waals surface area contributed by atoms with E-state index in [4.69, 9.17) is 5.73 Å². The number of hydrogen-bond acceptors (Lipinski definition) is 3. The summed E-state index contributed by atoms with van der Waals surface area (Å²) in [7, 11) is 0. The zero-order valence-corrected chi connectivity index (χ0v) is 10.8. The Hall–Kier alpha value is -1.65. The lowest BCUT2D eigenvalue weighted by Crippen LogP contribution is -2.16. The zero-order valence-electron chi connectivity index (χ0n) is 10.8. The van der Waals surface area contributed by atoms with E-state index in [0.29, 0.717) is 0 Å². The lowest BCUT2D eigenvalue weighted by atomic mass is 10.1. The molecule has 3 N–H and O–H groups in total. The predicted octanol–water partition coefficient (Wildman–Crippen LogP) is 1.54. The summed E-state index contributed by atoms with van der Waals surface area (Å²) in [5.41, 5.74) is 9.97. The molecule has 0 saturated carbocycles. The fourth-order valence-electron chi connectivity index (χ4n) is 2.25. The topological polar surface area (TPSA) is 64.1 Å². The third kappa shape index (κ3) is 2.44. The Bertz CT molecular complexity index is 519. The summed E-state index contributed by atoms with van der Waals surface area (Å²) < 4.78 is 1.94. The van der Waals surface area contributed by atoms with Crippen LogP contribution in [-0.2, 0) is 6.54 Å². The van der Waals surface area contributed by atoms with Gasteiger partial charge in [0.2, 0.25) is 0 Å². The summed E-state index contributed by atoms with van der Waals surface area (Å²) in [6.07, 6.45) is 0. The second-order valence-corrected chi connectivity index (χ2v) is 4.52. The number of aliphatic hydroxyl groups is 1. The van der Waals surface area contributed by atoms with Crippen LogP contribution in [0.2, 0.25) is 0 Å². The van der Waals surface area contributed by atoms with Crippen molar-refractivity contribution >= 4 is 0 Å². The maximum absolute atomic E-state index is 9.17. The summed E-state index contributed by atoms with van der Waals surface area (Å²) in [5.74, 6) is 0. The number of nitrogens with two attached hydrogens (primary N) is 1. The third-order valence-electron chi connectivity index (χ3n) is 3.18. The normalized spacial score (nSPS) is 12.7. The van der Waals surface area contributed by atoms with Crippen LogP contribution in [0.4, 0.5) is 0 Å². The first-order valence-electron chi connectivity index (χ1n) is 6.07. The minimum absolute atomic E-state index is 0.0568. The molecule has 0 aliphatic carbocycles. The molecule has 18 heavy (non-hydrogen) atoms. The highest BCUT2D eigenvalue weighted by molar-refractivity contribution is 5.29. The van der Waals surface area contributed by atoms with Gasteiger partial charge in [-0.05, 0) is 19.4 Å². The molecule has 1 heterocycles. The molecule has 0 bridgehead atoms. The molecule has 2 aromatic rings. The average molecular weight is 245 g/mol. The molecular weight excluding hydrogens is 226 g/mol. The first-order chi connectivity index (χ1) is 8.63. The number of nitrogens with zero attached hydrogens (tertiary/aromatic N) is 2. The van der Waals surface area contributed by atoms with Crippen molar-refractivity contribution in [1.82, 2.24) is 9.78 Å².